The van der Waals surface area contributed by atoms with Crippen molar-refractivity contribution < 1.29 is 4.39 Å². The fraction of sp³-hybridized carbons (Fsp3) is 0.105. The minimum atomic E-state index is -0.485. The van der Waals surface area contributed by atoms with Crippen LogP contribution < -0.4 is 0 Å². The summed E-state index contributed by atoms with van der Waals surface area (Å²) in [4.78, 5) is 2.14. The van der Waals surface area contributed by atoms with Crippen LogP contribution in [0.15, 0.2) is 48.5 Å². The van der Waals surface area contributed by atoms with E-state index in [0.29, 0.717) is 0 Å². The van der Waals surface area contributed by atoms with Crippen molar-refractivity contribution in [3.05, 3.63) is 80.9 Å². The summed E-state index contributed by atoms with van der Waals surface area (Å²) in [6.45, 7) is 2.04. The molecule has 0 bridgehead atoms. The molecule has 0 saturated carbocycles. The van der Waals surface area contributed by atoms with Crippen LogP contribution in [0, 0.1) is 24.1 Å². The Bertz CT molecular complexity index is 908. The fourth-order valence-corrected chi connectivity index (χ4v) is 3.63. The fourth-order valence-electron chi connectivity index (χ4n) is 2.41. The molecule has 3 aromatic rings. The number of aryl methyl sites for hydroxylation is 1. The standard InChI is InChI=1S/C19H13ClFNS/c1-12-2-6-17(20)15(8-12)9-16-5-7-19(23-16)13-3-4-14(11-22)18(21)10-13/h2-8,10H,9H2,1H3. The number of hydrogen-bond acceptors (Lipinski definition) is 2. The molecule has 0 aliphatic rings. The predicted molar refractivity (Wildman–Crippen MR) is 93.4 cm³/mol. The highest BCUT2D eigenvalue weighted by Crippen LogP contribution is 2.31. The summed E-state index contributed by atoms with van der Waals surface area (Å²) in [5, 5.41) is 9.56. The molecule has 114 valence electrons. The van der Waals surface area contributed by atoms with E-state index in [9.17, 15) is 4.39 Å². The lowest BCUT2D eigenvalue weighted by Crippen LogP contribution is -1.87. The Labute approximate surface area is 143 Å². The lowest BCUT2D eigenvalue weighted by molar-refractivity contribution is 0.624. The van der Waals surface area contributed by atoms with Crippen molar-refractivity contribution in [2.24, 2.45) is 0 Å². The minimum absolute atomic E-state index is 0.0667. The van der Waals surface area contributed by atoms with E-state index >= 15 is 0 Å². The maximum Gasteiger partial charge on any atom is 0.141 e. The first-order chi connectivity index (χ1) is 11.1. The van der Waals surface area contributed by atoms with Crippen LogP contribution in [0.25, 0.3) is 10.4 Å². The van der Waals surface area contributed by atoms with Gasteiger partial charge in [-0.15, -0.1) is 11.3 Å². The second-order valence-corrected chi connectivity index (χ2v) is 6.92. The monoisotopic (exact) mass is 341 g/mol. The van der Waals surface area contributed by atoms with Gasteiger partial charge in [0.05, 0.1) is 5.56 Å². The lowest BCUT2D eigenvalue weighted by atomic mass is 10.1. The number of halogens is 2. The van der Waals surface area contributed by atoms with Crippen molar-refractivity contribution in [2.75, 3.05) is 0 Å². The second kappa shape index (κ2) is 6.54. The van der Waals surface area contributed by atoms with Crippen LogP contribution in [0.3, 0.4) is 0 Å². The van der Waals surface area contributed by atoms with Gasteiger partial charge in [0, 0.05) is 21.2 Å². The van der Waals surface area contributed by atoms with Gasteiger partial charge in [-0.1, -0.05) is 35.4 Å². The Hall–Kier alpha value is -2.15. The molecule has 2 aromatic carbocycles. The number of rotatable bonds is 3. The van der Waals surface area contributed by atoms with Crippen molar-refractivity contribution in [1.82, 2.24) is 0 Å². The normalized spacial score (nSPS) is 10.5. The molecule has 0 atom stereocenters. The second-order valence-electron chi connectivity index (χ2n) is 5.34. The highest BCUT2D eigenvalue weighted by Gasteiger charge is 2.09. The van der Waals surface area contributed by atoms with Gasteiger partial charge in [0.15, 0.2) is 0 Å². The summed E-state index contributed by atoms with van der Waals surface area (Å²) in [6.07, 6.45) is 0.754. The molecule has 0 aliphatic carbocycles. The maximum absolute atomic E-state index is 13.8. The molecule has 3 rings (SSSR count). The third-order valence-electron chi connectivity index (χ3n) is 3.60. The van der Waals surface area contributed by atoms with E-state index in [2.05, 4.69) is 6.07 Å². The van der Waals surface area contributed by atoms with Gasteiger partial charge in [0.25, 0.3) is 0 Å². The Morgan fingerprint density at radius 2 is 1.96 bits per heavy atom. The molecule has 23 heavy (non-hydrogen) atoms. The van der Waals surface area contributed by atoms with Gasteiger partial charge in [-0.2, -0.15) is 5.26 Å². The average Bonchev–Trinajstić information content (AvgIpc) is 2.99. The van der Waals surface area contributed by atoms with Crippen molar-refractivity contribution in [3.63, 3.8) is 0 Å². The molecule has 0 unspecified atom stereocenters. The first-order valence-corrected chi connectivity index (χ1v) is 8.30. The Balaban J connectivity index is 1.87. The summed E-state index contributed by atoms with van der Waals surface area (Å²) < 4.78 is 13.8. The number of benzene rings is 2. The molecule has 1 nitrogen and oxygen atoms in total. The van der Waals surface area contributed by atoms with Crippen LogP contribution in [-0.2, 0) is 6.42 Å². The van der Waals surface area contributed by atoms with Crippen LogP contribution in [0.2, 0.25) is 5.02 Å². The van der Waals surface area contributed by atoms with Gasteiger partial charge >= 0.3 is 0 Å². The number of hydrogen-bond donors (Lipinski definition) is 0. The maximum atomic E-state index is 13.8. The van der Waals surface area contributed by atoms with Crippen LogP contribution in [-0.4, -0.2) is 0 Å². The molecule has 0 spiro atoms. The Morgan fingerprint density at radius 1 is 1.13 bits per heavy atom. The molecule has 4 heteroatoms. The lowest BCUT2D eigenvalue weighted by Gasteiger charge is -2.04. The van der Waals surface area contributed by atoms with E-state index in [1.807, 2.05) is 37.3 Å². The first kappa shape index (κ1) is 15.7. The summed E-state index contributed by atoms with van der Waals surface area (Å²) in [6, 6.07) is 16.5. The molecule has 0 fully saturated rings. The first-order valence-electron chi connectivity index (χ1n) is 7.10. The summed E-state index contributed by atoms with van der Waals surface area (Å²) in [5.41, 5.74) is 3.12. The van der Waals surface area contributed by atoms with E-state index in [0.717, 1.165) is 32.3 Å². The van der Waals surface area contributed by atoms with Crippen LogP contribution in [0.4, 0.5) is 4.39 Å². The van der Waals surface area contributed by atoms with Crippen LogP contribution in [0.5, 0.6) is 0 Å². The zero-order valence-corrected chi connectivity index (χ0v) is 14.0. The molecule has 0 saturated heterocycles. The molecule has 1 heterocycles. The van der Waals surface area contributed by atoms with Gasteiger partial charge in [-0.3, -0.25) is 0 Å². The van der Waals surface area contributed by atoms with E-state index < -0.39 is 5.82 Å². The average molecular weight is 342 g/mol. The van der Waals surface area contributed by atoms with Crippen molar-refractivity contribution in [3.8, 4) is 16.5 Å². The number of thiophene rings is 1. The number of nitriles is 1. The quantitative estimate of drug-likeness (QED) is 0.575. The number of nitrogens with zero attached hydrogens (tertiary/aromatic N) is 1. The molecule has 0 aliphatic heterocycles. The minimum Gasteiger partial charge on any atom is -0.206 e. The molecular weight excluding hydrogens is 329 g/mol. The predicted octanol–water partition coefficient (Wildman–Crippen LogP) is 5.98. The summed E-state index contributed by atoms with van der Waals surface area (Å²) >= 11 is 7.86. The summed E-state index contributed by atoms with van der Waals surface area (Å²) in [7, 11) is 0. The van der Waals surface area contributed by atoms with E-state index in [-0.39, 0.29) is 5.56 Å². The molecule has 0 amide bonds. The van der Waals surface area contributed by atoms with Gasteiger partial charge in [-0.05, 0) is 48.4 Å². The molecule has 0 radical (unpaired) electrons. The SMILES string of the molecule is Cc1ccc(Cl)c(Cc2ccc(-c3ccc(C#N)c(F)c3)s2)c1. The molecular formula is C19H13ClFNS. The summed E-state index contributed by atoms with van der Waals surface area (Å²) in [5.74, 6) is -0.485. The van der Waals surface area contributed by atoms with E-state index in [4.69, 9.17) is 16.9 Å². The molecule has 0 N–H and O–H groups in total. The van der Waals surface area contributed by atoms with Crippen molar-refractivity contribution >= 4 is 22.9 Å². The largest absolute Gasteiger partial charge is 0.206 e. The van der Waals surface area contributed by atoms with Gasteiger partial charge in [0.1, 0.15) is 11.9 Å². The zero-order valence-electron chi connectivity index (χ0n) is 12.4. The van der Waals surface area contributed by atoms with E-state index in [1.165, 1.54) is 17.7 Å². The highest BCUT2D eigenvalue weighted by atomic mass is 35.5. The zero-order chi connectivity index (χ0) is 16.4. The molecule has 1 aromatic heterocycles. The van der Waals surface area contributed by atoms with Gasteiger partial charge < -0.3 is 0 Å². The van der Waals surface area contributed by atoms with Crippen LogP contribution >= 0.6 is 22.9 Å². The van der Waals surface area contributed by atoms with Gasteiger partial charge in [-0.25, -0.2) is 4.39 Å². The van der Waals surface area contributed by atoms with E-state index in [1.54, 1.807) is 17.4 Å². The smallest absolute Gasteiger partial charge is 0.141 e. The highest BCUT2D eigenvalue weighted by molar-refractivity contribution is 7.15. The van der Waals surface area contributed by atoms with Gasteiger partial charge in [0.2, 0.25) is 0 Å². The van der Waals surface area contributed by atoms with Crippen molar-refractivity contribution in [2.45, 2.75) is 13.3 Å². The third kappa shape index (κ3) is 3.44. The van der Waals surface area contributed by atoms with Crippen molar-refractivity contribution in [1.29, 1.82) is 5.26 Å². The third-order valence-corrected chi connectivity index (χ3v) is 5.10. The topological polar surface area (TPSA) is 23.8 Å². The Morgan fingerprint density at radius 3 is 2.70 bits per heavy atom. The Kier molecular flexibility index (Phi) is 4.47. The van der Waals surface area contributed by atoms with Crippen LogP contribution in [0.1, 0.15) is 21.6 Å².